The van der Waals surface area contributed by atoms with Gasteiger partial charge >= 0.3 is 0 Å². The number of nitro groups is 1. The van der Waals surface area contributed by atoms with Crippen LogP contribution in [0.25, 0.3) is 0 Å². The Hall–Kier alpha value is -2.63. The van der Waals surface area contributed by atoms with Gasteiger partial charge in [-0.15, -0.1) is 0 Å². The van der Waals surface area contributed by atoms with E-state index in [0.717, 1.165) is 32.1 Å². The zero-order valence-electron chi connectivity index (χ0n) is 14.8. The lowest BCUT2D eigenvalue weighted by Crippen LogP contribution is -2.26. The molecule has 0 saturated carbocycles. The smallest absolute Gasteiger partial charge is 0.289 e. The number of nitrogens with one attached hydrogen (secondary N) is 2. The van der Waals surface area contributed by atoms with Crippen LogP contribution < -0.4 is 10.6 Å². The number of nitrogens with zero attached hydrogens (tertiary/aromatic N) is 3. The summed E-state index contributed by atoms with van der Waals surface area (Å²) in [5.41, 5.74) is -0.249. The number of hydrogen-bond donors (Lipinski definition) is 2. The van der Waals surface area contributed by atoms with Crippen LogP contribution in [0.3, 0.4) is 0 Å². The molecule has 0 spiro atoms. The summed E-state index contributed by atoms with van der Waals surface area (Å²) in [5.74, 6) is -0.652. The molecule has 140 valence electrons. The average Bonchev–Trinajstić information content (AvgIpc) is 2.62. The van der Waals surface area contributed by atoms with Crippen LogP contribution in [0.2, 0.25) is 5.02 Å². The summed E-state index contributed by atoms with van der Waals surface area (Å²) >= 11 is 5.73. The van der Waals surface area contributed by atoms with E-state index in [1.54, 1.807) is 0 Å². The summed E-state index contributed by atoms with van der Waals surface area (Å²) in [7, 11) is 0. The van der Waals surface area contributed by atoms with E-state index in [4.69, 9.17) is 16.9 Å². The van der Waals surface area contributed by atoms with E-state index in [2.05, 4.69) is 29.4 Å². The van der Waals surface area contributed by atoms with Gasteiger partial charge in [-0.05, 0) is 38.2 Å². The van der Waals surface area contributed by atoms with Crippen molar-refractivity contribution in [2.75, 3.05) is 31.5 Å². The van der Waals surface area contributed by atoms with Crippen molar-refractivity contribution in [1.82, 2.24) is 10.2 Å². The van der Waals surface area contributed by atoms with Gasteiger partial charge < -0.3 is 15.5 Å². The summed E-state index contributed by atoms with van der Waals surface area (Å²) in [5, 5.41) is 25.4. The molecular formula is C17H22ClN5O3. The van der Waals surface area contributed by atoms with Crippen LogP contribution in [0.5, 0.6) is 0 Å². The number of anilines is 1. The number of hydrogen-bond acceptors (Lipinski definition) is 6. The van der Waals surface area contributed by atoms with Gasteiger partial charge in [-0.2, -0.15) is 5.26 Å². The Morgan fingerprint density at radius 1 is 1.42 bits per heavy atom. The first-order chi connectivity index (χ1) is 12.4. The molecule has 0 radical (unpaired) electrons. The third-order valence-corrected chi connectivity index (χ3v) is 4.02. The van der Waals surface area contributed by atoms with Gasteiger partial charge in [0.05, 0.1) is 4.92 Å². The van der Waals surface area contributed by atoms with Crippen molar-refractivity contribution in [1.29, 1.82) is 5.26 Å². The molecule has 2 N–H and O–H groups in total. The van der Waals surface area contributed by atoms with E-state index in [9.17, 15) is 14.9 Å². The van der Waals surface area contributed by atoms with Gasteiger partial charge in [0.15, 0.2) is 0 Å². The molecule has 0 aromatic heterocycles. The average molecular weight is 380 g/mol. The van der Waals surface area contributed by atoms with Gasteiger partial charge in [-0.3, -0.25) is 14.9 Å². The number of carbonyl (C=O) groups is 1. The third kappa shape index (κ3) is 6.70. The van der Waals surface area contributed by atoms with Crippen LogP contribution in [0.4, 0.5) is 11.4 Å². The lowest BCUT2D eigenvalue weighted by Gasteiger charge is -2.17. The topological polar surface area (TPSA) is 111 Å². The summed E-state index contributed by atoms with van der Waals surface area (Å²) < 4.78 is 0. The monoisotopic (exact) mass is 379 g/mol. The highest BCUT2D eigenvalue weighted by Gasteiger charge is 2.15. The molecule has 1 amide bonds. The molecule has 0 saturated heterocycles. The van der Waals surface area contributed by atoms with E-state index in [0.29, 0.717) is 6.54 Å². The number of amides is 1. The van der Waals surface area contributed by atoms with Crippen molar-refractivity contribution in [2.24, 2.45) is 0 Å². The molecule has 0 unspecified atom stereocenters. The van der Waals surface area contributed by atoms with Gasteiger partial charge in [0.25, 0.3) is 11.6 Å². The van der Waals surface area contributed by atoms with E-state index >= 15 is 0 Å². The molecule has 26 heavy (non-hydrogen) atoms. The first kappa shape index (κ1) is 21.4. The van der Waals surface area contributed by atoms with Crippen molar-refractivity contribution in [3.63, 3.8) is 0 Å². The zero-order chi connectivity index (χ0) is 19.5. The minimum atomic E-state index is -0.652. The molecule has 8 nitrogen and oxygen atoms in total. The summed E-state index contributed by atoms with van der Waals surface area (Å²) in [6.45, 7) is 7.70. The van der Waals surface area contributed by atoms with Crippen LogP contribution in [-0.2, 0) is 4.79 Å². The summed E-state index contributed by atoms with van der Waals surface area (Å²) in [4.78, 5) is 24.6. The Balaban J connectivity index is 2.62. The number of halogens is 1. The predicted octanol–water partition coefficient (Wildman–Crippen LogP) is 2.92. The Morgan fingerprint density at radius 3 is 2.69 bits per heavy atom. The number of benzene rings is 1. The normalized spacial score (nSPS) is 11.1. The van der Waals surface area contributed by atoms with Gasteiger partial charge in [-0.25, -0.2) is 0 Å². The molecular weight excluding hydrogens is 358 g/mol. The highest BCUT2D eigenvalue weighted by atomic mass is 35.5. The maximum Gasteiger partial charge on any atom is 0.289 e. The second-order valence-corrected chi connectivity index (χ2v) is 5.79. The molecule has 1 rings (SSSR count). The molecule has 0 atom stereocenters. The van der Waals surface area contributed by atoms with E-state index in [1.807, 2.05) is 6.07 Å². The summed E-state index contributed by atoms with van der Waals surface area (Å²) in [6.07, 6.45) is 2.23. The van der Waals surface area contributed by atoms with Crippen molar-refractivity contribution in [3.05, 3.63) is 45.1 Å². The Labute approximate surface area is 157 Å². The Bertz CT molecular complexity index is 711. The number of nitro benzene ring substituents is 1. The SMILES string of the molecule is CCN(CC)CCCN/C=C(/C#N)C(=O)Nc1ccc(Cl)c([N+](=O)[O-])c1. The van der Waals surface area contributed by atoms with E-state index in [-0.39, 0.29) is 22.0 Å². The molecule has 1 aromatic rings. The molecule has 0 heterocycles. The minimum Gasteiger partial charge on any atom is -0.390 e. The van der Waals surface area contributed by atoms with Crippen molar-refractivity contribution in [2.45, 2.75) is 20.3 Å². The van der Waals surface area contributed by atoms with Crippen LogP contribution >= 0.6 is 11.6 Å². The van der Waals surface area contributed by atoms with Crippen LogP contribution in [0.15, 0.2) is 30.0 Å². The van der Waals surface area contributed by atoms with Gasteiger partial charge in [0.2, 0.25) is 0 Å². The highest BCUT2D eigenvalue weighted by molar-refractivity contribution is 6.32. The number of rotatable bonds is 10. The fraction of sp³-hybridized carbons (Fsp3) is 0.412. The molecule has 0 aliphatic heterocycles. The molecule has 0 aliphatic rings. The minimum absolute atomic E-state index is 0.0288. The number of nitriles is 1. The third-order valence-electron chi connectivity index (χ3n) is 3.70. The maximum atomic E-state index is 12.1. The molecule has 9 heteroatoms. The molecule has 0 bridgehead atoms. The van der Waals surface area contributed by atoms with Gasteiger partial charge in [0.1, 0.15) is 16.7 Å². The molecule has 0 fully saturated rings. The predicted molar refractivity (Wildman–Crippen MR) is 101 cm³/mol. The van der Waals surface area contributed by atoms with Crippen LogP contribution in [0.1, 0.15) is 20.3 Å². The zero-order valence-corrected chi connectivity index (χ0v) is 15.5. The van der Waals surface area contributed by atoms with Gasteiger partial charge in [0, 0.05) is 24.5 Å². The lowest BCUT2D eigenvalue weighted by molar-refractivity contribution is -0.384. The van der Waals surface area contributed by atoms with E-state index < -0.39 is 10.8 Å². The molecule has 0 aliphatic carbocycles. The standard InChI is InChI=1S/C17H22ClN5O3/c1-3-22(4-2)9-5-8-20-12-13(11-19)17(24)21-14-6-7-15(18)16(10-14)23(25)26/h6-7,10,12,20H,3-5,8-9H2,1-2H3,(H,21,24)/b13-12-. The largest absolute Gasteiger partial charge is 0.390 e. The lowest BCUT2D eigenvalue weighted by atomic mass is 10.2. The highest BCUT2D eigenvalue weighted by Crippen LogP contribution is 2.27. The second kappa shape index (κ2) is 11.1. The Kier molecular flexibility index (Phi) is 9.12. The van der Waals surface area contributed by atoms with E-state index in [1.165, 1.54) is 18.3 Å². The number of carbonyl (C=O) groups excluding carboxylic acids is 1. The van der Waals surface area contributed by atoms with Crippen molar-refractivity contribution >= 4 is 28.9 Å². The first-order valence-corrected chi connectivity index (χ1v) is 8.62. The van der Waals surface area contributed by atoms with Gasteiger partial charge in [-0.1, -0.05) is 25.4 Å². The fourth-order valence-electron chi connectivity index (χ4n) is 2.20. The van der Waals surface area contributed by atoms with Crippen LogP contribution in [-0.4, -0.2) is 41.9 Å². The first-order valence-electron chi connectivity index (χ1n) is 8.24. The Morgan fingerprint density at radius 2 is 2.12 bits per heavy atom. The maximum absolute atomic E-state index is 12.1. The van der Waals surface area contributed by atoms with Crippen molar-refractivity contribution < 1.29 is 9.72 Å². The van der Waals surface area contributed by atoms with Crippen LogP contribution in [0, 0.1) is 21.4 Å². The fourth-order valence-corrected chi connectivity index (χ4v) is 2.38. The quantitative estimate of drug-likeness (QED) is 0.212. The molecule has 1 aromatic carbocycles. The van der Waals surface area contributed by atoms with Crippen molar-refractivity contribution in [3.8, 4) is 6.07 Å². The second-order valence-electron chi connectivity index (χ2n) is 5.38. The summed E-state index contributed by atoms with van der Waals surface area (Å²) in [6, 6.07) is 5.70.